The Morgan fingerprint density at radius 1 is 1.37 bits per heavy atom. The second-order valence-corrected chi connectivity index (χ2v) is 5.95. The molecule has 1 amide bonds. The highest BCUT2D eigenvalue weighted by molar-refractivity contribution is 9.10. The third kappa shape index (κ3) is 2.66. The lowest BCUT2D eigenvalue weighted by atomic mass is 10.2. The summed E-state index contributed by atoms with van der Waals surface area (Å²) < 4.78 is 0.676. The van der Waals surface area contributed by atoms with Crippen LogP contribution in [0.3, 0.4) is 0 Å². The summed E-state index contributed by atoms with van der Waals surface area (Å²) in [5.74, 6) is 2.48. The standard InChI is InChI=1S/C14H20BrN3O/c1-5-11(19)18(6-2)14-13(12-8(3)9(12)4)16-7-10(15)17-14/h7-9,12H,5-6H2,1-4H3. The van der Waals surface area contributed by atoms with Crippen molar-refractivity contribution in [3.05, 3.63) is 16.5 Å². The van der Waals surface area contributed by atoms with E-state index in [1.54, 1.807) is 11.1 Å². The van der Waals surface area contributed by atoms with Crippen LogP contribution < -0.4 is 4.90 Å². The highest BCUT2D eigenvalue weighted by Gasteiger charge is 2.47. The minimum atomic E-state index is 0.0945. The summed E-state index contributed by atoms with van der Waals surface area (Å²) in [5.41, 5.74) is 0.965. The number of hydrogen-bond donors (Lipinski definition) is 0. The van der Waals surface area contributed by atoms with Gasteiger partial charge in [-0.1, -0.05) is 20.8 Å². The summed E-state index contributed by atoms with van der Waals surface area (Å²) in [4.78, 5) is 22.8. The van der Waals surface area contributed by atoms with Crippen molar-refractivity contribution >= 4 is 27.7 Å². The maximum Gasteiger partial charge on any atom is 0.227 e. The molecule has 19 heavy (non-hydrogen) atoms. The summed E-state index contributed by atoms with van der Waals surface area (Å²) in [6, 6.07) is 0. The molecule has 1 saturated carbocycles. The van der Waals surface area contributed by atoms with Gasteiger partial charge in [0.1, 0.15) is 4.60 Å². The van der Waals surface area contributed by atoms with E-state index in [1.165, 1.54) is 0 Å². The van der Waals surface area contributed by atoms with Crippen LogP contribution in [0.4, 0.5) is 5.82 Å². The zero-order valence-electron chi connectivity index (χ0n) is 11.9. The Bertz CT molecular complexity index is 484. The van der Waals surface area contributed by atoms with Crippen LogP contribution >= 0.6 is 15.9 Å². The number of anilines is 1. The molecule has 1 heterocycles. The van der Waals surface area contributed by atoms with Crippen LogP contribution in [0.1, 0.15) is 45.7 Å². The van der Waals surface area contributed by atoms with Gasteiger partial charge in [0.25, 0.3) is 0 Å². The minimum absolute atomic E-state index is 0.0945. The quantitative estimate of drug-likeness (QED) is 0.852. The first-order valence-corrected chi connectivity index (χ1v) is 7.63. The SMILES string of the molecule is CCC(=O)N(CC)c1nc(Br)cnc1C1C(C)C1C. The fraction of sp³-hybridized carbons (Fsp3) is 0.643. The molecule has 2 rings (SSSR count). The van der Waals surface area contributed by atoms with Gasteiger partial charge in [-0.25, -0.2) is 4.98 Å². The van der Waals surface area contributed by atoms with E-state index in [9.17, 15) is 4.79 Å². The molecular formula is C14H20BrN3O. The molecule has 0 bridgehead atoms. The minimum Gasteiger partial charge on any atom is -0.296 e. The van der Waals surface area contributed by atoms with E-state index < -0.39 is 0 Å². The first-order chi connectivity index (χ1) is 9.01. The molecule has 1 aromatic heterocycles. The van der Waals surface area contributed by atoms with Crippen molar-refractivity contribution in [2.75, 3.05) is 11.4 Å². The van der Waals surface area contributed by atoms with E-state index in [0.717, 1.165) is 11.5 Å². The Hall–Kier alpha value is -0.970. The summed E-state index contributed by atoms with van der Waals surface area (Å²) >= 11 is 3.35. The van der Waals surface area contributed by atoms with Crippen LogP contribution in [0.15, 0.2) is 10.8 Å². The maximum absolute atomic E-state index is 12.1. The average Bonchev–Trinajstić information content (AvgIpc) is 2.98. The number of halogens is 1. The summed E-state index contributed by atoms with van der Waals surface area (Å²) in [6.45, 7) is 8.92. The summed E-state index contributed by atoms with van der Waals surface area (Å²) in [6.07, 6.45) is 2.21. The predicted octanol–water partition coefficient (Wildman–Crippen LogP) is 3.37. The van der Waals surface area contributed by atoms with Crippen LogP contribution in [0, 0.1) is 11.8 Å². The highest BCUT2D eigenvalue weighted by Crippen LogP contribution is 2.54. The van der Waals surface area contributed by atoms with Gasteiger partial charge in [0, 0.05) is 18.9 Å². The molecule has 104 valence electrons. The predicted molar refractivity (Wildman–Crippen MR) is 79.1 cm³/mol. The average molecular weight is 326 g/mol. The van der Waals surface area contributed by atoms with E-state index >= 15 is 0 Å². The Balaban J connectivity index is 2.42. The smallest absolute Gasteiger partial charge is 0.227 e. The molecule has 0 spiro atoms. The van der Waals surface area contributed by atoms with Crippen molar-refractivity contribution in [3.63, 3.8) is 0 Å². The van der Waals surface area contributed by atoms with Crippen molar-refractivity contribution in [3.8, 4) is 0 Å². The van der Waals surface area contributed by atoms with Crippen LogP contribution in [-0.4, -0.2) is 22.4 Å². The monoisotopic (exact) mass is 325 g/mol. The largest absolute Gasteiger partial charge is 0.296 e. The molecule has 5 heteroatoms. The molecule has 0 aliphatic heterocycles. The first-order valence-electron chi connectivity index (χ1n) is 6.84. The molecule has 4 nitrogen and oxygen atoms in total. The Morgan fingerprint density at radius 2 is 2.00 bits per heavy atom. The molecule has 1 aliphatic carbocycles. The van der Waals surface area contributed by atoms with Crippen molar-refractivity contribution in [1.29, 1.82) is 0 Å². The second-order valence-electron chi connectivity index (χ2n) is 5.14. The highest BCUT2D eigenvalue weighted by atomic mass is 79.9. The zero-order valence-corrected chi connectivity index (χ0v) is 13.4. The van der Waals surface area contributed by atoms with Crippen LogP contribution in [0.5, 0.6) is 0 Å². The summed E-state index contributed by atoms with van der Waals surface area (Å²) in [7, 11) is 0. The van der Waals surface area contributed by atoms with Gasteiger partial charge in [-0.05, 0) is 34.7 Å². The Kier molecular flexibility index (Phi) is 4.23. The fourth-order valence-corrected chi connectivity index (χ4v) is 2.87. The topological polar surface area (TPSA) is 46.1 Å². The lowest BCUT2D eigenvalue weighted by Gasteiger charge is -2.22. The van der Waals surface area contributed by atoms with Crippen molar-refractivity contribution < 1.29 is 4.79 Å². The third-order valence-corrected chi connectivity index (χ3v) is 4.45. The number of carbonyl (C=O) groups excluding carboxylic acids is 1. The number of rotatable bonds is 4. The van der Waals surface area contributed by atoms with Gasteiger partial charge in [0.2, 0.25) is 5.91 Å². The molecule has 2 unspecified atom stereocenters. The molecule has 0 aromatic carbocycles. The van der Waals surface area contributed by atoms with E-state index in [-0.39, 0.29) is 5.91 Å². The lowest BCUT2D eigenvalue weighted by molar-refractivity contribution is -0.118. The number of amides is 1. The number of carbonyl (C=O) groups is 1. The Morgan fingerprint density at radius 3 is 2.47 bits per heavy atom. The molecule has 0 N–H and O–H groups in total. The van der Waals surface area contributed by atoms with Crippen molar-refractivity contribution in [2.24, 2.45) is 11.8 Å². The van der Waals surface area contributed by atoms with E-state index in [1.807, 2.05) is 13.8 Å². The van der Waals surface area contributed by atoms with Gasteiger partial charge in [0.15, 0.2) is 5.82 Å². The molecule has 1 aromatic rings. The van der Waals surface area contributed by atoms with Crippen molar-refractivity contribution in [2.45, 2.75) is 40.0 Å². The van der Waals surface area contributed by atoms with Crippen molar-refractivity contribution in [1.82, 2.24) is 9.97 Å². The molecule has 0 radical (unpaired) electrons. The summed E-state index contributed by atoms with van der Waals surface area (Å²) in [5, 5.41) is 0. The van der Waals surface area contributed by atoms with Crippen LogP contribution in [0.2, 0.25) is 0 Å². The van der Waals surface area contributed by atoms with Gasteiger partial charge < -0.3 is 0 Å². The molecular weight excluding hydrogens is 306 g/mol. The number of aromatic nitrogens is 2. The molecule has 0 saturated heterocycles. The fourth-order valence-electron chi connectivity index (χ4n) is 2.60. The van der Waals surface area contributed by atoms with E-state index in [0.29, 0.717) is 35.3 Å². The van der Waals surface area contributed by atoms with Gasteiger partial charge in [0.05, 0.1) is 11.9 Å². The lowest BCUT2D eigenvalue weighted by Crippen LogP contribution is -2.32. The van der Waals surface area contributed by atoms with Crippen LogP contribution in [-0.2, 0) is 4.79 Å². The van der Waals surface area contributed by atoms with Crippen LogP contribution in [0.25, 0.3) is 0 Å². The van der Waals surface area contributed by atoms with Gasteiger partial charge in [-0.3, -0.25) is 14.7 Å². The molecule has 2 atom stereocenters. The Labute approximate surface area is 122 Å². The second kappa shape index (κ2) is 5.57. The van der Waals surface area contributed by atoms with E-state index in [4.69, 9.17) is 0 Å². The van der Waals surface area contributed by atoms with Gasteiger partial charge >= 0.3 is 0 Å². The zero-order chi connectivity index (χ0) is 14.2. The number of nitrogens with zero attached hydrogens (tertiary/aromatic N) is 3. The van der Waals surface area contributed by atoms with Gasteiger partial charge in [-0.2, -0.15) is 0 Å². The first kappa shape index (κ1) is 14.4. The number of hydrogen-bond acceptors (Lipinski definition) is 3. The van der Waals surface area contributed by atoms with E-state index in [2.05, 4.69) is 39.7 Å². The molecule has 1 fully saturated rings. The normalized spacial score (nSPS) is 25.2. The van der Waals surface area contributed by atoms with Gasteiger partial charge in [-0.15, -0.1) is 0 Å². The maximum atomic E-state index is 12.1. The third-order valence-electron chi connectivity index (χ3n) is 4.06. The molecule has 1 aliphatic rings.